The van der Waals surface area contributed by atoms with Gasteiger partial charge in [-0.1, -0.05) is 30.3 Å². The number of aryl methyl sites for hydroxylation is 1. The highest BCUT2D eigenvalue weighted by molar-refractivity contribution is 6.04. The summed E-state index contributed by atoms with van der Waals surface area (Å²) in [7, 11) is 3.19. The van der Waals surface area contributed by atoms with E-state index in [1.807, 2.05) is 54.6 Å². The molecule has 3 aromatic carbocycles. The lowest BCUT2D eigenvalue weighted by atomic mass is 10.1. The van der Waals surface area contributed by atoms with E-state index in [9.17, 15) is 9.59 Å². The van der Waals surface area contributed by atoms with E-state index in [0.29, 0.717) is 36.4 Å². The molecule has 0 atom stereocenters. The third kappa shape index (κ3) is 6.60. The molecule has 31 heavy (non-hydrogen) atoms. The van der Waals surface area contributed by atoms with Crippen molar-refractivity contribution in [2.45, 2.75) is 19.4 Å². The average molecular weight is 418 g/mol. The first-order valence-corrected chi connectivity index (χ1v) is 10.0. The van der Waals surface area contributed by atoms with Gasteiger partial charge in [-0.15, -0.1) is 0 Å². The van der Waals surface area contributed by atoms with Gasteiger partial charge in [0.1, 0.15) is 11.5 Å². The number of carbonyl (C=O) groups excluding carboxylic acids is 2. The topological polar surface area (TPSA) is 76.7 Å². The molecule has 2 N–H and O–H groups in total. The Balaban J connectivity index is 1.52. The van der Waals surface area contributed by atoms with Gasteiger partial charge in [-0.2, -0.15) is 0 Å². The number of methoxy groups -OCH3 is 2. The summed E-state index contributed by atoms with van der Waals surface area (Å²) in [6.45, 7) is 0.354. The molecule has 0 aliphatic carbocycles. The van der Waals surface area contributed by atoms with E-state index in [1.54, 1.807) is 32.4 Å². The van der Waals surface area contributed by atoms with Crippen molar-refractivity contribution in [3.63, 3.8) is 0 Å². The van der Waals surface area contributed by atoms with Gasteiger partial charge >= 0.3 is 0 Å². The number of nitrogens with one attached hydrogen (secondary N) is 2. The summed E-state index contributed by atoms with van der Waals surface area (Å²) in [5.41, 5.74) is 3.10. The molecule has 0 aliphatic rings. The molecule has 3 rings (SSSR count). The molecule has 6 nitrogen and oxygen atoms in total. The zero-order valence-corrected chi connectivity index (χ0v) is 17.7. The molecule has 0 radical (unpaired) electrons. The van der Waals surface area contributed by atoms with Crippen molar-refractivity contribution >= 4 is 17.5 Å². The number of hydrogen-bond acceptors (Lipinski definition) is 4. The van der Waals surface area contributed by atoms with Crippen LogP contribution in [0.4, 0.5) is 5.69 Å². The van der Waals surface area contributed by atoms with E-state index >= 15 is 0 Å². The minimum Gasteiger partial charge on any atom is -0.497 e. The predicted octanol–water partition coefficient (Wildman–Crippen LogP) is 4.21. The van der Waals surface area contributed by atoms with Gasteiger partial charge in [0.25, 0.3) is 5.91 Å². The van der Waals surface area contributed by atoms with Crippen LogP contribution in [0.2, 0.25) is 0 Å². The summed E-state index contributed by atoms with van der Waals surface area (Å²) in [5, 5.41) is 5.77. The maximum Gasteiger partial charge on any atom is 0.255 e. The molecule has 0 saturated heterocycles. The van der Waals surface area contributed by atoms with Gasteiger partial charge in [0.05, 0.1) is 14.2 Å². The fourth-order valence-corrected chi connectivity index (χ4v) is 3.10. The van der Waals surface area contributed by atoms with Gasteiger partial charge in [0.15, 0.2) is 0 Å². The van der Waals surface area contributed by atoms with E-state index in [2.05, 4.69) is 10.6 Å². The lowest BCUT2D eigenvalue weighted by molar-refractivity contribution is -0.121. The molecule has 0 bridgehead atoms. The zero-order valence-electron chi connectivity index (χ0n) is 17.7. The third-order valence-corrected chi connectivity index (χ3v) is 4.76. The summed E-state index contributed by atoms with van der Waals surface area (Å²) < 4.78 is 10.5. The second kappa shape index (κ2) is 10.8. The Hall–Kier alpha value is -3.80. The quantitative estimate of drug-likeness (QED) is 0.546. The first-order chi connectivity index (χ1) is 15.1. The molecule has 6 heteroatoms. The van der Waals surface area contributed by atoms with Crippen LogP contribution in [0, 0.1) is 0 Å². The number of rotatable bonds is 9. The van der Waals surface area contributed by atoms with Crippen molar-refractivity contribution in [3.8, 4) is 11.5 Å². The number of ether oxygens (including phenoxy) is 2. The fraction of sp³-hybridized carbons (Fsp3) is 0.200. The van der Waals surface area contributed by atoms with Gasteiger partial charge < -0.3 is 20.1 Å². The van der Waals surface area contributed by atoms with Crippen LogP contribution in [0.25, 0.3) is 0 Å². The summed E-state index contributed by atoms with van der Waals surface area (Å²) in [6, 6.07) is 22.1. The minimum atomic E-state index is -0.189. The van der Waals surface area contributed by atoms with Gasteiger partial charge in [0, 0.05) is 30.3 Å². The molecular formula is C25H26N2O4. The molecule has 0 aromatic heterocycles. The molecular weight excluding hydrogens is 392 g/mol. The number of benzene rings is 3. The Labute approximate surface area is 182 Å². The maximum atomic E-state index is 12.4. The lowest BCUT2D eigenvalue weighted by Gasteiger charge is -2.10. The van der Waals surface area contributed by atoms with Crippen molar-refractivity contribution in [1.29, 1.82) is 0 Å². The van der Waals surface area contributed by atoms with E-state index < -0.39 is 0 Å². The third-order valence-electron chi connectivity index (χ3n) is 4.76. The normalized spacial score (nSPS) is 10.3. The Morgan fingerprint density at radius 3 is 2.19 bits per heavy atom. The van der Waals surface area contributed by atoms with Crippen LogP contribution in [0.15, 0.2) is 72.8 Å². The maximum absolute atomic E-state index is 12.4. The highest BCUT2D eigenvalue weighted by Crippen LogP contribution is 2.23. The summed E-state index contributed by atoms with van der Waals surface area (Å²) in [4.78, 5) is 24.8. The van der Waals surface area contributed by atoms with Gasteiger partial charge in [0.2, 0.25) is 5.91 Å². The van der Waals surface area contributed by atoms with Gasteiger partial charge in [-0.25, -0.2) is 0 Å². The Morgan fingerprint density at radius 2 is 1.52 bits per heavy atom. The Morgan fingerprint density at radius 1 is 0.806 bits per heavy atom. The van der Waals surface area contributed by atoms with Crippen molar-refractivity contribution in [3.05, 3.63) is 89.5 Å². The van der Waals surface area contributed by atoms with Crippen LogP contribution < -0.4 is 20.1 Å². The minimum absolute atomic E-state index is 0.0686. The first kappa shape index (κ1) is 21.9. The molecule has 0 spiro atoms. The lowest BCUT2D eigenvalue weighted by Crippen LogP contribution is -2.23. The average Bonchev–Trinajstić information content (AvgIpc) is 2.82. The fourth-order valence-electron chi connectivity index (χ4n) is 3.10. The van der Waals surface area contributed by atoms with Crippen LogP contribution in [-0.2, 0) is 17.8 Å². The molecule has 0 fully saturated rings. The van der Waals surface area contributed by atoms with E-state index in [0.717, 1.165) is 16.8 Å². The van der Waals surface area contributed by atoms with Gasteiger partial charge in [-0.3, -0.25) is 9.59 Å². The highest BCUT2D eigenvalue weighted by Gasteiger charge is 2.09. The number of carbonyl (C=O) groups is 2. The van der Waals surface area contributed by atoms with Crippen LogP contribution in [-0.4, -0.2) is 26.0 Å². The van der Waals surface area contributed by atoms with Crippen LogP contribution in [0.3, 0.4) is 0 Å². The highest BCUT2D eigenvalue weighted by atomic mass is 16.5. The van der Waals surface area contributed by atoms with E-state index in [4.69, 9.17) is 9.47 Å². The smallest absolute Gasteiger partial charge is 0.255 e. The standard InChI is InChI=1S/C25H26N2O4/c1-30-22-14-18(15-23(16-22)31-2)11-12-24(28)26-17-19-7-6-8-20(13-19)25(29)27-21-9-4-3-5-10-21/h3-10,13-16H,11-12,17H2,1-2H3,(H,26,28)(H,27,29). The number of amides is 2. The van der Waals surface area contributed by atoms with Crippen molar-refractivity contribution in [2.75, 3.05) is 19.5 Å². The van der Waals surface area contributed by atoms with E-state index in [-0.39, 0.29) is 11.8 Å². The molecule has 0 heterocycles. The Kier molecular flexibility index (Phi) is 7.65. The SMILES string of the molecule is COc1cc(CCC(=O)NCc2cccc(C(=O)Nc3ccccc3)c2)cc(OC)c1. The summed E-state index contributed by atoms with van der Waals surface area (Å²) in [6.07, 6.45) is 0.906. The van der Waals surface area contributed by atoms with Crippen molar-refractivity contribution < 1.29 is 19.1 Å². The van der Waals surface area contributed by atoms with Gasteiger partial charge in [-0.05, 0) is 53.9 Å². The molecule has 3 aromatic rings. The second-order valence-electron chi connectivity index (χ2n) is 7.02. The molecule has 0 unspecified atom stereocenters. The summed E-state index contributed by atoms with van der Waals surface area (Å²) >= 11 is 0. The zero-order chi connectivity index (χ0) is 22.1. The van der Waals surface area contributed by atoms with Crippen LogP contribution in [0.5, 0.6) is 11.5 Å². The molecule has 2 amide bonds. The van der Waals surface area contributed by atoms with Crippen LogP contribution in [0.1, 0.15) is 27.9 Å². The number of para-hydroxylation sites is 1. The van der Waals surface area contributed by atoms with Crippen LogP contribution >= 0.6 is 0 Å². The number of anilines is 1. The Bertz CT molecular complexity index is 1010. The molecule has 0 aliphatic heterocycles. The monoisotopic (exact) mass is 418 g/mol. The number of hydrogen-bond donors (Lipinski definition) is 2. The molecule has 160 valence electrons. The van der Waals surface area contributed by atoms with E-state index in [1.165, 1.54) is 0 Å². The largest absolute Gasteiger partial charge is 0.497 e. The first-order valence-electron chi connectivity index (χ1n) is 10.0. The predicted molar refractivity (Wildman–Crippen MR) is 121 cm³/mol. The van der Waals surface area contributed by atoms with Crippen molar-refractivity contribution in [1.82, 2.24) is 5.32 Å². The summed E-state index contributed by atoms with van der Waals surface area (Å²) in [5.74, 6) is 1.13. The second-order valence-corrected chi connectivity index (χ2v) is 7.02. The van der Waals surface area contributed by atoms with Crippen molar-refractivity contribution in [2.24, 2.45) is 0 Å². The molecule has 0 saturated carbocycles.